The molecule has 1 aromatic carbocycles. The Labute approximate surface area is 163 Å². The van der Waals surface area contributed by atoms with Gasteiger partial charge in [-0.3, -0.25) is 15.0 Å². The van der Waals surface area contributed by atoms with Gasteiger partial charge in [-0.2, -0.15) is 0 Å². The largest absolute Gasteiger partial charge is 0.353 e. The van der Waals surface area contributed by atoms with Crippen LogP contribution in [-0.4, -0.2) is 65.5 Å². The Balaban J connectivity index is 1.47. The monoisotopic (exact) mass is 387 g/mol. The maximum atomic E-state index is 12.5. The highest BCUT2D eigenvalue weighted by Gasteiger charge is 2.23. The molecule has 8 heteroatoms. The molecule has 0 bridgehead atoms. The number of hydrogen-bond donors (Lipinski definition) is 2. The Morgan fingerprint density at radius 2 is 1.85 bits per heavy atom. The summed E-state index contributed by atoms with van der Waals surface area (Å²) in [6, 6.07) is 9.88. The Kier molecular flexibility index (Phi) is 6.41. The standard InChI is InChI=1S/C19H25N5O2S/c1-14(2)20-17(25)12-23-8-10-24(11-9-23)19(26)22-18-21-16(13-27-18)15-6-4-3-5-7-15/h3-7,13-14H,8-12H2,1-2H3,(H,20,25)(H,21,22,26). The summed E-state index contributed by atoms with van der Waals surface area (Å²) < 4.78 is 0. The number of thiazole rings is 1. The second-order valence-corrected chi connectivity index (χ2v) is 7.68. The number of nitrogens with one attached hydrogen (secondary N) is 2. The van der Waals surface area contributed by atoms with Gasteiger partial charge in [0.25, 0.3) is 0 Å². The van der Waals surface area contributed by atoms with Gasteiger partial charge in [0.15, 0.2) is 5.13 Å². The van der Waals surface area contributed by atoms with Crippen molar-refractivity contribution in [1.29, 1.82) is 0 Å². The molecule has 1 aliphatic heterocycles. The first-order chi connectivity index (χ1) is 13.0. The van der Waals surface area contributed by atoms with Gasteiger partial charge in [-0.25, -0.2) is 9.78 Å². The Morgan fingerprint density at radius 1 is 1.15 bits per heavy atom. The van der Waals surface area contributed by atoms with Gasteiger partial charge in [0.1, 0.15) is 0 Å². The van der Waals surface area contributed by atoms with Gasteiger partial charge in [-0.05, 0) is 13.8 Å². The number of nitrogens with zero attached hydrogens (tertiary/aromatic N) is 3. The maximum Gasteiger partial charge on any atom is 0.323 e. The Hall–Kier alpha value is -2.45. The number of piperazine rings is 1. The summed E-state index contributed by atoms with van der Waals surface area (Å²) in [5.74, 6) is 0.0270. The van der Waals surface area contributed by atoms with Crippen molar-refractivity contribution in [3.05, 3.63) is 35.7 Å². The van der Waals surface area contributed by atoms with E-state index in [2.05, 4.69) is 20.5 Å². The van der Waals surface area contributed by atoms with E-state index in [1.165, 1.54) is 11.3 Å². The highest BCUT2D eigenvalue weighted by molar-refractivity contribution is 7.14. The minimum Gasteiger partial charge on any atom is -0.353 e. The molecular weight excluding hydrogens is 362 g/mol. The molecule has 0 unspecified atom stereocenters. The predicted octanol–water partition coefficient (Wildman–Crippen LogP) is 2.48. The van der Waals surface area contributed by atoms with Crippen molar-refractivity contribution in [3.8, 4) is 11.3 Å². The second-order valence-electron chi connectivity index (χ2n) is 6.82. The summed E-state index contributed by atoms with van der Waals surface area (Å²) in [4.78, 5) is 32.6. The average molecular weight is 388 g/mol. The molecule has 3 rings (SSSR count). The topological polar surface area (TPSA) is 77.6 Å². The maximum absolute atomic E-state index is 12.5. The number of urea groups is 1. The minimum absolute atomic E-state index is 0.0270. The fraction of sp³-hybridized carbons (Fsp3) is 0.421. The number of aromatic nitrogens is 1. The van der Waals surface area contributed by atoms with Crippen LogP contribution in [0.5, 0.6) is 0 Å². The molecule has 1 aromatic heterocycles. The van der Waals surface area contributed by atoms with Crippen LogP contribution in [0, 0.1) is 0 Å². The van der Waals surface area contributed by atoms with Crippen molar-refractivity contribution in [2.75, 3.05) is 38.0 Å². The number of carbonyl (C=O) groups excluding carboxylic acids is 2. The van der Waals surface area contributed by atoms with E-state index in [1.54, 1.807) is 4.90 Å². The summed E-state index contributed by atoms with van der Waals surface area (Å²) >= 11 is 1.42. The fourth-order valence-electron chi connectivity index (χ4n) is 2.92. The zero-order chi connectivity index (χ0) is 19.2. The summed E-state index contributed by atoms with van der Waals surface area (Å²) in [5, 5.41) is 8.31. The van der Waals surface area contributed by atoms with E-state index in [0.29, 0.717) is 37.9 Å². The van der Waals surface area contributed by atoms with Gasteiger partial charge in [0, 0.05) is 43.2 Å². The van der Waals surface area contributed by atoms with Crippen LogP contribution in [0.2, 0.25) is 0 Å². The predicted molar refractivity (Wildman–Crippen MR) is 108 cm³/mol. The number of benzene rings is 1. The van der Waals surface area contributed by atoms with Crippen LogP contribution in [0.15, 0.2) is 35.7 Å². The molecule has 0 saturated carbocycles. The quantitative estimate of drug-likeness (QED) is 0.826. The van der Waals surface area contributed by atoms with E-state index in [0.717, 1.165) is 11.3 Å². The number of amides is 3. The lowest BCUT2D eigenvalue weighted by Crippen LogP contribution is -2.52. The summed E-state index contributed by atoms with van der Waals surface area (Å²) in [7, 11) is 0. The molecule has 3 amide bonds. The first-order valence-electron chi connectivity index (χ1n) is 9.10. The third-order valence-electron chi connectivity index (χ3n) is 4.26. The molecule has 27 heavy (non-hydrogen) atoms. The number of anilines is 1. The van der Waals surface area contributed by atoms with E-state index in [4.69, 9.17) is 0 Å². The highest BCUT2D eigenvalue weighted by Crippen LogP contribution is 2.24. The lowest BCUT2D eigenvalue weighted by atomic mass is 10.2. The molecule has 2 heterocycles. The SMILES string of the molecule is CC(C)NC(=O)CN1CCN(C(=O)Nc2nc(-c3ccccc3)cs2)CC1. The fourth-order valence-corrected chi connectivity index (χ4v) is 3.63. The van der Waals surface area contributed by atoms with Crippen LogP contribution < -0.4 is 10.6 Å². The van der Waals surface area contributed by atoms with Crippen molar-refractivity contribution in [2.45, 2.75) is 19.9 Å². The zero-order valence-electron chi connectivity index (χ0n) is 15.6. The lowest BCUT2D eigenvalue weighted by Gasteiger charge is -2.34. The van der Waals surface area contributed by atoms with Crippen LogP contribution in [-0.2, 0) is 4.79 Å². The molecule has 0 radical (unpaired) electrons. The van der Waals surface area contributed by atoms with Gasteiger partial charge in [-0.1, -0.05) is 30.3 Å². The van der Waals surface area contributed by atoms with Crippen molar-refractivity contribution in [2.24, 2.45) is 0 Å². The first-order valence-corrected chi connectivity index (χ1v) is 9.98. The molecule has 1 aliphatic rings. The molecule has 7 nitrogen and oxygen atoms in total. The van der Waals surface area contributed by atoms with E-state index >= 15 is 0 Å². The molecule has 0 spiro atoms. The molecule has 0 atom stereocenters. The van der Waals surface area contributed by atoms with E-state index in [9.17, 15) is 9.59 Å². The molecule has 2 aromatic rings. The normalized spacial score (nSPS) is 15.0. The molecule has 2 N–H and O–H groups in total. The van der Waals surface area contributed by atoms with E-state index < -0.39 is 0 Å². The van der Waals surface area contributed by atoms with Crippen LogP contribution >= 0.6 is 11.3 Å². The van der Waals surface area contributed by atoms with Crippen molar-refractivity contribution >= 4 is 28.4 Å². The minimum atomic E-state index is -0.143. The third-order valence-corrected chi connectivity index (χ3v) is 5.02. The van der Waals surface area contributed by atoms with Gasteiger partial charge in [0.05, 0.1) is 12.2 Å². The average Bonchev–Trinajstić information content (AvgIpc) is 3.11. The van der Waals surface area contributed by atoms with Crippen LogP contribution in [0.25, 0.3) is 11.3 Å². The summed E-state index contributed by atoms with van der Waals surface area (Å²) in [6.45, 7) is 6.83. The molecule has 0 aliphatic carbocycles. The molecular formula is C19H25N5O2S. The first kappa shape index (κ1) is 19.3. The van der Waals surface area contributed by atoms with Gasteiger partial charge < -0.3 is 10.2 Å². The molecule has 1 fully saturated rings. The molecule has 144 valence electrons. The lowest BCUT2D eigenvalue weighted by molar-refractivity contribution is -0.123. The highest BCUT2D eigenvalue weighted by atomic mass is 32.1. The number of carbonyl (C=O) groups is 2. The van der Waals surface area contributed by atoms with Gasteiger partial charge in [-0.15, -0.1) is 11.3 Å². The molecule has 1 saturated heterocycles. The Morgan fingerprint density at radius 3 is 2.52 bits per heavy atom. The Bertz CT molecular complexity index is 769. The zero-order valence-corrected chi connectivity index (χ0v) is 16.5. The van der Waals surface area contributed by atoms with Crippen LogP contribution in [0.1, 0.15) is 13.8 Å². The number of rotatable bonds is 5. The van der Waals surface area contributed by atoms with E-state index in [-0.39, 0.29) is 18.0 Å². The van der Waals surface area contributed by atoms with E-state index in [1.807, 2.05) is 49.6 Å². The third kappa shape index (κ3) is 5.51. The second kappa shape index (κ2) is 8.96. The number of hydrogen-bond acceptors (Lipinski definition) is 5. The van der Waals surface area contributed by atoms with Crippen molar-refractivity contribution < 1.29 is 9.59 Å². The smallest absolute Gasteiger partial charge is 0.323 e. The van der Waals surface area contributed by atoms with Crippen LogP contribution in [0.4, 0.5) is 9.93 Å². The summed E-state index contributed by atoms with van der Waals surface area (Å²) in [5.41, 5.74) is 1.89. The van der Waals surface area contributed by atoms with Crippen molar-refractivity contribution in [3.63, 3.8) is 0 Å². The van der Waals surface area contributed by atoms with Gasteiger partial charge >= 0.3 is 6.03 Å². The van der Waals surface area contributed by atoms with Crippen molar-refractivity contribution in [1.82, 2.24) is 20.1 Å². The van der Waals surface area contributed by atoms with Gasteiger partial charge in [0.2, 0.25) is 5.91 Å². The summed E-state index contributed by atoms with van der Waals surface area (Å²) in [6.07, 6.45) is 0. The van der Waals surface area contributed by atoms with Crippen LogP contribution in [0.3, 0.4) is 0 Å².